The molecule has 1 aromatic carbocycles. The van der Waals surface area contributed by atoms with Gasteiger partial charge in [-0.2, -0.15) is 0 Å². The Kier molecular flexibility index (Phi) is 2.30. The lowest BCUT2D eigenvalue weighted by Crippen LogP contribution is -2.11. The first kappa shape index (κ1) is 11.4. The Bertz CT molecular complexity index is 858. The summed E-state index contributed by atoms with van der Waals surface area (Å²) in [5.74, 6) is 0.554. The maximum absolute atomic E-state index is 8.04. The zero-order chi connectivity index (χ0) is 13.7. The molecule has 20 heavy (non-hydrogen) atoms. The largest absolute Gasteiger partial charge is 0.437 e. The van der Waals surface area contributed by atoms with Gasteiger partial charge in [-0.25, -0.2) is 4.68 Å². The highest BCUT2D eigenvalue weighted by Gasteiger charge is 2.26. The van der Waals surface area contributed by atoms with Crippen LogP contribution in [0.15, 0.2) is 34.9 Å². The predicted octanol–water partition coefficient (Wildman–Crippen LogP) is 2.68. The van der Waals surface area contributed by atoms with Crippen molar-refractivity contribution in [2.75, 3.05) is 0 Å². The van der Waals surface area contributed by atoms with Crippen molar-refractivity contribution in [3.63, 3.8) is 0 Å². The molecule has 3 aromatic rings. The molecule has 0 spiro atoms. The molecule has 1 fully saturated rings. The fourth-order valence-electron chi connectivity index (χ4n) is 2.36. The Labute approximate surface area is 115 Å². The summed E-state index contributed by atoms with van der Waals surface area (Å²) in [6.45, 7) is 2.01. The zero-order valence-electron chi connectivity index (χ0n) is 11.1. The fraction of sp³-hybridized carbons (Fsp3) is 0.267. The number of fused-ring (bicyclic) bond motifs is 1. The molecule has 4 rings (SSSR count). The average molecular weight is 266 g/mol. The molecule has 1 N–H and O–H groups in total. The first-order chi connectivity index (χ1) is 9.70. The van der Waals surface area contributed by atoms with E-state index in [1.807, 2.05) is 37.4 Å². The molecule has 5 heteroatoms. The topological polar surface area (TPSA) is 67.7 Å². The van der Waals surface area contributed by atoms with E-state index in [9.17, 15) is 0 Å². The molecule has 0 bridgehead atoms. The van der Waals surface area contributed by atoms with Gasteiger partial charge in [0, 0.05) is 11.3 Å². The van der Waals surface area contributed by atoms with E-state index in [1.54, 1.807) is 4.68 Å². The molecule has 2 heterocycles. The molecule has 1 aliphatic carbocycles. The van der Waals surface area contributed by atoms with Gasteiger partial charge in [-0.1, -0.05) is 17.3 Å². The van der Waals surface area contributed by atoms with E-state index >= 15 is 0 Å². The third-order valence-corrected chi connectivity index (χ3v) is 3.66. The van der Waals surface area contributed by atoms with Gasteiger partial charge in [-0.05, 0) is 37.5 Å². The summed E-state index contributed by atoms with van der Waals surface area (Å²) in [5.41, 5.74) is 3.58. The summed E-state index contributed by atoms with van der Waals surface area (Å²) in [7, 11) is 0. The van der Waals surface area contributed by atoms with Crippen molar-refractivity contribution < 1.29 is 4.42 Å². The normalized spacial score (nSPS) is 14.8. The van der Waals surface area contributed by atoms with E-state index < -0.39 is 0 Å². The van der Waals surface area contributed by atoms with E-state index in [4.69, 9.17) is 9.83 Å². The molecule has 0 aliphatic heterocycles. The number of hydrogen-bond acceptors (Lipinski definition) is 4. The summed E-state index contributed by atoms with van der Waals surface area (Å²) in [5, 5.41) is 17.3. The number of nitrogens with one attached hydrogen (secondary N) is 1. The highest BCUT2D eigenvalue weighted by molar-refractivity contribution is 5.78. The Morgan fingerprint density at radius 1 is 1.30 bits per heavy atom. The minimum Gasteiger partial charge on any atom is -0.437 e. The third-order valence-electron chi connectivity index (χ3n) is 3.66. The second-order valence-electron chi connectivity index (χ2n) is 5.36. The van der Waals surface area contributed by atoms with Crippen LogP contribution in [0, 0.1) is 12.3 Å². The molecule has 0 amide bonds. The summed E-state index contributed by atoms with van der Waals surface area (Å²) < 4.78 is 7.23. The number of rotatable bonds is 2. The minimum absolute atomic E-state index is 0.107. The van der Waals surface area contributed by atoms with Crippen molar-refractivity contribution in [3.05, 3.63) is 47.3 Å². The highest BCUT2D eigenvalue weighted by Crippen LogP contribution is 2.38. The zero-order valence-corrected chi connectivity index (χ0v) is 11.1. The lowest BCUT2D eigenvalue weighted by atomic mass is 10.1. The standard InChI is InChI=1S/C15H14N4O/c1-9-2-3-11-7-13(15(16)20-14(11)6-9)19-8-12(17-18-19)10-4-5-10/h2-3,6-8,10,16H,4-5H2,1H3. The van der Waals surface area contributed by atoms with Crippen molar-refractivity contribution in [3.8, 4) is 5.69 Å². The average Bonchev–Trinajstić information content (AvgIpc) is 3.16. The van der Waals surface area contributed by atoms with Crippen LogP contribution in [0.1, 0.15) is 30.0 Å². The maximum Gasteiger partial charge on any atom is 0.238 e. The van der Waals surface area contributed by atoms with Crippen molar-refractivity contribution in [1.82, 2.24) is 15.0 Å². The molecular formula is C15H14N4O. The van der Waals surface area contributed by atoms with Crippen LogP contribution in [-0.4, -0.2) is 15.0 Å². The molecule has 0 atom stereocenters. The summed E-state index contributed by atoms with van der Waals surface area (Å²) in [4.78, 5) is 0. The Morgan fingerprint density at radius 2 is 2.15 bits per heavy atom. The third kappa shape index (κ3) is 1.82. The Hall–Kier alpha value is -2.43. The fourth-order valence-corrected chi connectivity index (χ4v) is 2.36. The minimum atomic E-state index is 0.107. The second kappa shape index (κ2) is 4.03. The number of aromatic nitrogens is 3. The smallest absolute Gasteiger partial charge is 0.238 e. The van der Waals surface area contributed by atoms with E-state index in [-0.39, 0.29) is 5.55 Å². The van der Waals surface area contributed by atoms with Crippen LogP contribution in [0.4, 0.5) is 0 Å². The quantitative estimate of drug-likeness (QED) is 0.775. The van der Waals surface area contributed by atoms with E-state index in [0.717, 1.165) is 22.2 Å². The molecule has 0 unspecified atom stereocenters. The summed E-state index contributed by atoms with van der Waals surface area (Å²) in [6, 6.07) is 7.89. The molecule has 1 aliphatic rings. The van der Waals surface area contributed by atoms with Gasteiger partial charge in [0.1, 0.15) is 11.3 Å². The molecule has 0 radical (unpaired) electrons. The first-order valence-electron chi connectivity index (χ1n) is 6.72. The van der Waals surface area contributed by atoms with Crippen LogP contribution < -0.4 is 5.55 Å². The maximum atomic E-state index is 8.04. The van der Waals surface area contributed by atoms with Crippen molar-refractivity contribution >= 4 is 11.0 Å². The molecular weight excluding hydrogens is 252 g/mol. The van der Waals surface area contributed by atoms with Gasteiger partial charge in [-0.3, -0.25) is 5.41 Å². The SMILES string of the molecule is Cc1ccc2cc(-n3cc(C4CC4)nn3)c(=N)oc2c1. The van der Waals surface area contributed by atoms with Crippen LogP contribution in [-0.2, 0) is 0 Å². The van der Waals surface area contributed by atoms with E-state index in [1.165, 1.54) is 12.8 Å². The Balaban J connectivity index is 1.87. The second-order valence-corrected chi connectivity index (χ2v) is 5.36. The van der Waals surface area contributed by atoms with Gasteiger partial charge in [0.05, 0.1) is 11.9 Å². The van der Waals surface area contributed by atoms with Crippen molar-refractivity contribution in [2.45, 2.75) is 25.7 Å². The summed E-state index contributed by atoms with van der Waals surface area (Å²) in [6.07, 6.45) is 4.28. The monoisotopic (exact) mass is 266 g/mol. The lowest BCUT2D eigenvalue weighted by molar-refractivity contribution is 0.523. The molecule has 1 saturated carbocycles. The van der Waals surface area contributed by atoms with Gasteiger partial charge in [0.25, 0.3) is 0 Å². The molecule has 100 valence electrons. The van der Waals surface area contributed by atoms with Crippen LogP contribution in [0.2, 0.25) is 0 Å². The van der Waals surface area contributed by atoms with Crippen LogP contribution in [0.3, 0.4) is 0 Å². The number of benzene rings is 1. The predicted molar refractivity (Wildman–Crippen MR) is 73.7 cm³/mol. The van der Waals surface area contributed by atoms with Crippen LogP contribution in [0.5, 0.6) is 0 Å². The number of nitrogens with zero attached hydrogens (tertiary/aromatic N) is 3. The molecule has 5 nitrogen and oxygen atoms in total. The highest BCUT2D eigenvalue weighted by atomic mass is 16.3. The van der Waals surface area contributed by atoms with Crippen LogP contribution in [0.25, 0.3) is 16.7 Å². The van der Waals surface area contributed by atoms with Gasteiger partial charge in [0.2, 0.25) is 5.55 Å². The van der Waals surface area contributed by atoms with Crippen LogP contribution >= 0.6 is 0 Å². The lowest BCUT2D eigenvalue weighted by Gasteiger charge is -2.03. The van der Waals surface area contributed by atoms with Crippen molar-refractivity contribution in [2.24, 2.45) is 0 Å². The molecule has 0 saturated heterocycles. The molecule has 2 aromatic heterocycles. The first-order valence-corrected chi connectivity index (χ1v) is 6.72. The van der Waals surface area contributed by atoms with Gasteiger partial charge < -0.3 is 4.42 Å². The van der Waals surface area contributed by atoms with Gasteiger partial charge >= 0.3 is 0 Å². The summed E-state index contributed by atoms with van der Waals surface area (Å²) >= 11 is 0. The van der Waals surface area contributed by atoms with E-state index in [0.29, 0.717) is 11.6 Å². The van der Waals surface area contributed by atoms with E-state index in [2.05, 4.69) is 10.3 Å². The van der Waals surface area contributed by atoms with Crippen molar-refractivity contribution in [1.29, 1.82) is 5.41 Å². The van der Waals surface area contributed by atoms with Gasteiger partial charge in [0.15, 0.2) is 0 Å². The number of hydrogen-bond donors (Lipinski definition) is 1. The number of aryl methyl sites for hydroxylation is 1. The van der Waals surface area contributed by atoms with Gasteiger partial charge in [-0.15, -0.1) is 5.10 Å². The Morgan fingerprint density at radius 3 is 2.95 bits per heavy atom.